The minimum Gasteiger partial charge on any atom is -0.493 e. The van der Waals surface area contributed by atoms with Crippen molar-refractivity contribution in [1.29, 1.82) is 0 Å². The summed E-state index contributed by atoms with van der Waals surface area (Å²) >= 11 is 2.20. The molecule has 0 fully saturated rings. The predicted octanol–water partition coefficient (Wildman–Crippen LogP) is 4.53. The van der Waals surface area contributed by atoms with Gasteiger partial charge in [0.25, 0.3) is 0 Å². The van der Waals surface area contributed by atoms with Gasteiger partial charge in [0.05, 0.1) is 10.7 Å². The summed E-state index contributed by atoms with van der Waals surface area (Å²) in [5, 5.41) is 2.35. The van der Waals surface area contributed by atoms with E-state index in [0.29, 0.717) is 18.1 Å². The van der Waals surface area contributed by atoms with E-state index in [1.54, 1.807) is 13.2 Å². The molecule has 0 unspecified atom stereocenters. The van der Waals surface area contributed by atoms with Crippen molar-refractivity contribution in [2.75, 3.05) is 7.11 Å². The third kappa shape index (κ3) is 4.16. The van der Waals surface area contributed by atoms with Crippen LogP contribution in [0.4, 0.5) is 0 Å². The van der Waals surface area contributed by atoms with Crippen LogP contribution in [0, 0.1) is 3.57 Å². The van der Waals surface area contributed by atoms with Crippen molar-refractivity contribution in [2.45, 2.75) is 6.61 Å². The molecule has 5 heteroatoms. The number of rotatable bonds is 6. The van der Waals surface area contributed by atoms with Gasteiger partial charge in [0.2, 0.25) is 5.91 Å². The van der Waals surface area contributed by atoms with Crippen LogP contribution >= 0.6 is 22.6 Å². The van der Waals surface area contributed by atoms with E-state index >= 15 is 0 Å². The maximum Gasteiger partial charge on any atom is 0.241 e. The molecule has 4 nitrogen and oxygen atoms in total. The van der Waals surface area contributed by atoms with Crippen molar-refractivity contribution in [3.05, 3.63) is 75.4 Å². The second-order valence-corrected chi connectivity index (χ2v) is 6.86. The molecular weight excluding hydrogens is 441 g/mol. The number of hydrogen-bond acceptors (Lipinski definition) is 3. The Bertz CT molecular complexity index is 977. The number of primary amides is 1. The standard InChI is InChI=1S/C21H18INO3/c1-25-19-12-14(9-10-20(23)24)11-18(22)21(19)26-13-16-7-4-6-15-5-2-3-8-17(15)16/h2-12H,13H2,1H3,(H2,23,24)/b10-9+. The van der Waals surface area contributed by atoms with Gasteiger partial charge in [0.15, 0.2) is 11.5 Å². The highest BCUT2D eigenvalue weighted by atomic mass is 127. The molecule has 132 valence electrons. The fourth-order valence-electron chi connectivity index (χ4n) is 2.72. The zero-order valence-electron chi connectivity index (χ0n) is 14.2. The SMILES string of the molecule is COc1cc(/C=C/C(N)=O)cc(I)c1OCc1cccc2ccccc12. The number of amides is 1. The molecule has 0 atom stereocenters. The minimum atomic E-state index is -0.491. The molecule has 0 heterocycles. The van der Waals surface area contributed by atoms with Crippen LogP contribution < -0.4 is 15.2 Å². The Morgan fingerprint density at radius 2 is 1.92 bits per heavy atom. The maximum atomic E-state index is 10.9. The average Bonchev–Trinajstić information content (AvgIpc) is 2.65. The van der Waals surface area contributed by atoms with Gasteiger partial charge in [-0.2, -0.15) is 0 Å². The van der Waals surface area contributed by atoms with Gasteiger partial charge in [-0.25, -0.2) is 0 Å². The van der Waals surface area contributed by atoms with Crippen molar-refractivity contribution in [3.63, 3.8) is 0 Å². The van der Waals surface area contributed by atoms with Crippen LogP contribution in [0.1, 0.15) is 11.1 Å². The summed E-state index contributed by atoms with van der Waals surface area (Å²) in [5.74, 6) is 0.800. The van der Waals surface area contributed by atoms with Crippen molar-refractivity contribution in [2.24, 2.45) is 5.73 Å². The van der Waals surface area contributed by atoms with Crippen LogP contribution in [0.3, 0.4) is 0 Å². The third-order valence-corrected chi connectivity index (χ3v) is 4.75. The summed E-state index contributed by atoms with van der Waals surface area (Å²) in [7, 11) is 1.60. The van der Waals surface area contributed by atoms with Gasteiger partial charge in [-0.1, -0.05) is 42.5 Å². The van der Waals surface area contributed by atoms with Crippen LogP contribution in [0.15, 0.2) is 60.7 Å². The van der Waals surface area contributed by atoms with E-state index in [4.69, 9.17) is 15.2 Å². The maximum absolute atomic E-state index is 10.9. The van der Waals surface area contributed by atoms with E-state index in [-0.39, 0.29) is 0 Å². The quantitative estimate of drug-likeness (QED) is 0.435. The first-order chi connectivity index (χ1) is 12.6. The number of nitrogens with two attached hydrogens (primary N) is 1. The lowest BCUT2D eigenvalue weighted by Crippen LogP contribution is -2.05. The summed E-state index contributed by atoms with van der Waals surface area (Å²) < 4.78 is 12.4. The number of methoxy groups -OCH3 is 1. The molecule has 0 saturated carbocycles. The van der Waals surface area contributed by atoms with Crippen LogP contribution in [0.5, 0.6) is 11.5 Å². The molecule has 0 aromatic heterocycles. The number of halogens is 1. The van der Waals surface area contributed by atoms with Crippen molar-refractivity contribution >= 4 is 45.3 Å². The Morgan fingerprint density at radius 3 is 2.69 bits per heavy atom. The fourth-order valence-corrected chi connectivity index (χ4v) is 3.50. The van der Waals surface area contributed by atoms with Gasteiger partial charge in [-0.3, -0.25) is 4.79 Å². The van der Waals surface area contributed by atoms with E-state index in [1.165, 1.54) is 16.8 Å². The average molecular weight is 459 g/mol. The number of carbonyl (C=O) groups is 1. The lowest BCUT2D eigenvalue weighted by atomic mass is 10.1. The largest absolute Gasteiger partial charge is 0.493 e. The van der Waals surface area contributed by atoms with Crippen LogP contribution in [-0.4, -0.2) is 13.0 Å². The second-order valence-electron chi connectivity index (χ2n) is 5.70. The normalized spacial score (nSPS) is 11.0. The molecule has 2 N–H and O–H groups in total. The molecular formula is C21H18INO3. The highest BCUT2D eigenvalue weighted by Gasteiger charge is 2.12. The van der Waals surface area contributed by atoms with E-state index in [2.05, 4.69) is 46.9 Å². The van der Waals surface area contributed by atoms with E-state index in [0.717, 1.165) is 14.7 Å². The smallest absolute Gasteiger partial charge is 0.241 e. The number of ether oxygens (including phenoxy) is 2. The number of carbonyl (C=O) groups excluding carboxylic acids is 1. The first-order valence-electron chi connectivity index (χ1n) is 8.03. The molecule has 3 rings (SSSR count). The van der Waals surface area contributed by atoms with Crippen molar-refractivity contribution in [1.82, 2.24) is 0 Å². The van der Waals surface area contributed by atoms with Crippen LogP contribution in [0.25, 0.3) is 16.8 Å². The van der Waals surface area contributed by atoms with Crippen LogP contribution in [0.2, 0.25) is 0 Å². The van der Waals surface area contributed by atoms with Gasteiger partial charge in [-0.05, 0) is 62.7 Å². The van der Waals surface area contributed by atoms with Crippen LogP contribution in [-0.2, 0) is 11.4 Å². The Balaban J connectivity index is 1.88. The van der Waals surface area contributed by atoms with Crippen molar-refractivity contribution in [3.8, 4) is 11.5 Å². The third-order valence-electron chi connectivity index (χ3n) is 3.94. The molecule has 0 saturated heterocycles. The molecule has 0 spiro atoms. The molecule has 3 aromatic carbocycles. The minimum absolute atomic E-state index is 0.435. The molecule has 0 bridgehead atoms. The van der Waals surface area contributed by atoms with E-state index in [9.17, 15) is 4.79 Å². The fraction of sp³-hybridized carbons (Fsp3) is 0.0952. The first-order valence-corrected chi connectivity index (χ1v) is 9.11. The van der Waals surface area contributed by atoms with Gasteiger partial charge in [0, 0.05) is 6.08 Å². The molecule has 3 aromatic rings. The number of fused-ring (bicyclic) bond motifs is 1. The lowest BCUT2D eigenvalue weighted by molar-refractivity contribution is -0.113. The molecule has 1 amide bonds. The van der Waals surface area contributed by atoms with E-state index in [1.807, 2.05) is 30.3 Å². The van der Waals surface area contributed by atoms with Gasteiger partial charge >= 0.3 is 0 Å². The topological polar surface area (TPSA) is 61.5 Å². The molecule has 0 radical (unpaired) electrons. The summed E-state index contributed by atoms with van der Waals surface area (Å²) in [5.41, 5.74) is 7.08. The van der Waals surface area contributed by atoms with Gasteiger partial charge in [0.1, 0.15) is 6.61 Å². The Hall–Kier alpha value is -2.54. The molecule has 26 heavy (non-hydrogen) atoms. The lowest BCUT2D eigenvalue weighted by Gasteiger charge is -2.14. The zero-order chi connectivity index (χ0) is 18.5. The monoisotopic (exact) mass is 459 g/mol. The summed E-state index contributed by atoms with van der Waals surface area (Å²) in [6.45, 7) is 0.435. The van der Waals surface area contributed by atoms with Gasteiger partial charge in [-0.15, -0.1) is 0 Å². The number of benzene rings is 3. The molecule has 0 aliphatic rings. The molecule has 0 aliphatic heterocycles. The summed E-state index contributed by atoms with van der Waals surface area (Å²) in [4.78, 5) is 10.9. The molecule has 0 aliphatic carbocycles. The summed E-state index contributed by atoms with van der Waals surface area (Å²) in [6.07, 6.45) is 2.98. The van der Waals surface area contributed by atoms with E-state index < -0.39 is 5.91 Å². The zero-order valence-corrected chi connectivity index (χ0v) is 16.4. The highest BCUT2D eigenvalue weighted by molar-refractivity contribution is 14.1. The Labute approximate surface area is 165 Å². The second kappa shape index (κ2) is 8.23. The van der Waals surface area contributed by atoms with Crippen molar-refractivity contribution < 1.29 is 14.3 Å². The highest BCUT2D eigenvalue weighted by Crippen LogP contribution is 2.35. The predicted molar refractivity (Wildman–Crippen MR) is 112 cm³/mol. The van der Waals surface area contributed by atoms with Gasteiger partial charge < -0.3 is 15.2 Å². The Morgan fingerprint density at radius 1 is 1.15 bits per heavy atom. The first kappa shape index (κ1) is 18.3. The summed E-state index contributed by atoms with van der Waals surface area (Å²) in [6, 6.07) is 18.1. The number of hydrogen-bond donors (Lipinski definition) is 1. The Kier molecular flexibility index (Phi) is 5.78.